The van der Waals surface area contributed by atoms with Crippen molar-refractivity contribution >= 4 is 47.6 Å². The number of hydrogen-bond donors (Lipinski definition) is 3. The van der Waals surface area contributed by atoms with Gasteiger partial charge in [0.1, 0.15) is 0 Å². The van der Waals surface area contributed by atoms with E-state index in [1.54, 1.807) is 23.9 Å². The third kappa shape index (κ3) is 7.42. The lowest BCUT2D eigenvalue weighted by Crippen LogP contribution is -2.36. The molecule has 7 heteroatoms. The van der Waals surface area contributed by atoms with Crippen LogP contribution in [0.25, 0.3) is 0 Å². The molecule has 1 amide bonds. The van der Waals surface area contributed by atoms with Crippen molar-refractivity contribution in [2.24, 2.45) is 10.7 Å². The van der Waals surface area contributed by atoms with Crippen LogP contribution in [0.4, 0.5) is 0 Å². The quantitative estimate of drug-likeness (QED) is 0.236. The fourth-order valence-electron chi connectivity index (χ4n) is 2.51. The summed E-state index contributed by atoms with van der Waals surface area (Å²) in [4.78, 5) is 17.2. The Kier molecular flexibility index (Phi) is 10.2. The molecule has 0 spiro atoms. The molecule has 2 rings (SSSR count). The zero-order valence-corrected chi connectivity index (χ0v) is 19.1. The number of nitrogens with zero attached hydrogens (tertiary/aromatic N) is 1. The third-order valence-electron chi connectivity index (χ3n) is 3.86. The van der Waals surface area contributed by atoms with Gasteiger partial charge in [-0.05, 0) is 55.0 Å². The molecule has 0 aliphatic rings. The Morgan fingerprint density at radius 2 is 1.96 bits per heavy atom. The van der Waals surface area contributed by atoms with Crippen molar-refractivity contribution in [1.29, 1.82) is 0 Å². The van der Waals surface area contributed by atoms with Crippen LogP contribution in [0.5, 0.6) is 0 Å². The van der Waals surface area contributed by atoms with E-state index < -0.39 is 5.91 Å². The zero-order valence-electron chi connectivity index (χ0n) is 15.9. The molecule has 0 atom stereocenters. The number of carbonyl (C=O) groups excluding carboxylic acids is 1. The van der Waals surface area contributed by atoms with Gasteiger partial charge in [-0.15, -0.1) is 35.7 Å². The highest BCUT2D eigenvalue weighted by atomic mass is 127. The highest BCUT2D eigenvalue weighted by Crippen LogP contribution is 2.21. The summed E-state index contributed by atoms with van der Waals surface area (Å²) in [7, 11) is 0. The molecule has 0 radical (unpaired) electrons. The number of thioether (sulfide) groups is 1. The molecular weight excluding hydrogens is 471 g/mol. The van der Waals surface area contributed by atoms with Crippen LogP contribution in [0, 0.1) is 6.92 Å². The van der Waals surface area contributed by atoms with Crippen molar-refractivity contribution in [2.75, 3.05) is 12.8 Å². The molecule has 146 valence electrons. The second kappa shape index (κ2) is 11.9. The van der Waals surface area contributed by atoms with E-state index in [9.17, 15) is 4.79 Å². The Morgan fingerprint density at radius 3 is 2.63 bits per heavy atom. The minimum Gasteiger partial charge on any atom is -0.366 e. The van der Waals surface area contributed by atoms with E-state index in [0.29, 0.717) is 18.7 Å². The number of carbonyl (C=O) groups is 1. The van der Waals surface area contributed by atoms with Gasteiger partial charge < -0.3 is 16.4 Å². The lowest BCUT2D eigenvalue weighted by atomic mass is 10.1. The van der Waals surface area contributed by atoms with Crippen molar-refractivity contribution in [2.45, 2.75) is 31.8 Å². The van der Waals surface area contributed by atoms with E-state index >= 15 is 0 Å². The van der Waals surface area contributed by atoms with E-state index in [-0.39, 0.29) is 24.0 Å². The summed E-state index contributed by atoms with van der Waals surface area (Å²) in [5, 5.41) is 6.62. The standard InChI is InChI=1S/C20H26N4OS.HI/c1-4-22-20(23-12-15-6-5-7-16(11-15)19(21)25)24-13-17-9-8-14(2)10-18(17)26-3;/h5-11H,4,12-13H2,1-3H3,(H2,21,25)(H2,22,23,24);1H. The maximum Gasteiger partial charge on any atom is 0.248 e. The minimum absolute atomic E-state index is 0. The Balaban J connectivity index is 0.00000364. The molecule has 2 aromatic carbocycles. The number of guanidine groups is 1. The highest BCUT2D eigenvalue weighted by Gasteiger charge is 2.05. The Hall–Kier alpha value is -1.74. The van der Waals surface area contributed by atoms with Gasteiger partial charge in [0.2, 0.25) is 5.91 Å². The summed E-state index contributed by atoms with van der Waals surface area (Å²) in [6.07, 6.45) is 2.09. The molecule has 0 unspecified atom stereocenters. The van der Waals surface area contributed by atoms with Gasteiger partial charge in [-0.1, -0.05) is 24.3 Å². The molecule has 4 N–H and O–H groups in total. The number of rotatable bonds is 7. The Morgan fingerprint density at radius 1 is 1.19 bits per heavy atom. The van der Waals surface area contributed by atoms with Gasteiger partial charge in [-0.3, -0.25) is 4.79 Å². The van der Waals surface area contributed by atoms with E-state index in [2.05, 4.69) is 47.0 Å². The fourth-order valence-corrected chi connectivity index (χ4v) is 3.22. The molecule has 0 bridgehead atoms. The topological polar surface area (TPSA) is 79.5 Å². The van der Waals surface area contributed by atoms with E-state index in [4.69, 9.17) is 5.73 Å². The average molecular weight is 498 g/mol. The lowest BCUT2D eigenvalue weighted by molar-refractivity contribution is 0.1000. The predicted octanol–water partition coefficient (Wildman–Crippen LogP) is 3.69. The molecule has 5 nitrogen and oxygen atoms in total. The van der Waals surface area contributed by atoms with Crippen LogP contribution in [0.2, 0.25) is 0 Å². The van der Waals surface area contributed by atoms with Crippen molar-refractivity contribution in [1.82, 2.24) is 10.6 Å². The van der Waals surface area contributed by atoms with Crippen LogP contribution in [0.1, 0.15) is 34.0 Å². The van der Waals surface area contributed by atoms with Crippen molar-refractivity contribution < 1.29 is 4.79 Å². The summed E-state index contributed by atoms with van der Waals surface area (Å²) in [5.41, 5.74) is 9.28. The van der Waals surface area contributed by atoms with Crippen LogP contribution in [0.15, 0.2) is 52.4 Å². The van der Waals surface area contributed by atoms with Crippen LogP contribution in [-0.2, 0) is 13.1 Å². The second-order valence-corrected chi connectivity index (χ2v) is 6.78. The number of amides is 1. The largest absolute Gasteiger partial charge is 0.366 e. The maximum atomic E-state index is 11.3. The first-order chi connectivity index (χ1) is 12.5. The number of primary amides is 1. The molecule has 0 saturated carbocycles. The first kappa shape index (κ1) is 23.3. The summed E-state index contributed by atoms with van der Waals surface area (Å²) >= 11 is 1.75. The molecule has 0 saturated heterocycles. The number of benzene rings is 2. The molecule has 0 fully saturated rings. The average Bonchev–Trinajstić information content (AvgIpc) is 2.64. The van der Waals surface area contributed by atoms with Crippen LogP contribution < -0.4 is 16.4 Å². The van der Waals surface area contributed by atoms with Crippen molar-refractivity contribution in [3.05, 3.63) is 64.7 Å². The van der Waals surface area contributed by atoms with Crippen molar-refractivity contribution in [3.8, 4) is 0 Å². The molecule has 0 heterocycles. The minimum atomic E-state index is -0.426. The Bertz CT molecular complexity index is 795. The lowest BCUT2D eigenvalue weighted by Gasteiger charge is -2.14. The van der Waals surface area contributed by atoms with Crippen LogP contribution in [0.3, 0.4) is 0 Å². The van der Waals surface area contributed by atoms with Gasteiger partial charge in [0, 0.05) is 23.5 Å². The molecule has 27 heavy (non-hydrogen) atoms. The second-order valence-electron chi connectivity index (χ2n) is 5.93. The number of aryl methyl sites for hydroxylation is 1. The van der Waals surface area contributed by atoms with Gasteiger partial charge in [-0.2, -0.15) is 0 Å². The monoisotopic (exact) mass is 498 g/mol. The van der Waals surface area contributed by atoms with Gasteiger partial charge >= 0.3 is 0 Å². The summed E-state index contributed by atoms with van der Waals surface area (Å²) in [6.45, 7) is 6.08. The summed E-state index contributed by atoms with van der Waals surface area (Å²) in [5.74, 6) is 0.314. The third-order valence-corrected chi connectivity index (χ3v) is 4.68. The summed E-state index contributed by atoms with van der Waals surface area (Å²) < 4.78 is 0. The molecular formula is C20H27IN4OS. The number of nitrogens with two attached hydrogens (primary N) is 1. The molecule has 0 aliphatic carbocycles. The number of halogens is 1. The van der Waals surface area contributed by atoms with Crippen molar-refractivity contribution in [3.63, 3.8) is 0 Å². The fraction of sp³-hybridized carbons (Fsp3) is 0.300. The van der Waals surface area contributed by atoms with Gasteiger partial charge in [0.15, 0.2) is 5.96 Å². The maximum absolute atomic E-state index is 11.3. The smallest absolute Gasteiger partial charge is 0.248 e. The van der Waals surface area contributed by atoms with Gasteiger partial charge in [0.25, 0.3) is 0 Å². The highest BCUT2D eigenvalue weighted by molar-refractivity contribution is 14.0. The molecule has 0 aromatic heterocycles. The summed E-state index contributed by atoms with van der Waals surface area (Å²) in [6, 6.07) is 13.7. The number of aliphatic imine (C=N–C) groups is 1. The molecule has 2 aromatic rings. The van der Waals surface area contributed by atoms with E-state index in [1.165, 1.54) is 16.0 Å². The first-order valence-electron chi connectivity index (χ1n) is 8.58. The van der Waals surface area contributed by atoms with E-state index in [1.807, 2.05) is 19.1 Å². The number of hydrogen-bond acceptors (Lipinski definition) is 3. The van der Waals surface area contributed by atoms with Gasteiger partial charge in [0.05, 0.1) is 6.54 Å². The predicted molar refractivity (Wildman–Crippen MR) is 125 cm³/mol. The Labute approximate surface area is 182 Å². The SMILES string of the molecule is CCNC(=NCc1cccc(C(N)=O)c1)NCc1ccc(C)cc1SC.I. The molecule has 0 aliphatic heterocycles. The number of nitrogens with one attached hydrogen (secondary N) is 2. The van der Waals surface area contributed by atoms with E-state index in [0.717, 1.165) is 18.1 Å². The van der Waals surface area contributed by atoms with Crippen LogP contribution >= 0.6 is 35.7 Å². The first-order valence-corrected chi connectivity index (χ1v) is 9.80. The normalized spacial score (nSPS) is 10.9. The zero-order chi connectivity index (χ0) is 18.9. The van der Waals surface area contributed by atoms with Gasteiger partial charge in [-0.25, -0.2) is 4.99 Å². The van der Waals surface area contributed by atoms with Crippen LogP contribution in [-0.4, -0.2) is 24.7 Å².